The van der Waals surface area contributed by atoms with Gasteiger partial charge in [0, 0.05) is 11.6 Å². The average Bonchev–Trinajstić information content (AvgIpc) is 2.45. The maximum absolute atomic E-state index is 12.6. The van der Waals surface area contributed by atoms with E-state index in [2.05, 4.69) is 17.6 Å². The van der Waals surface area contributed by atoms with Crippen LogP contribution in [-0.4, -0.2) is 25.5 Å². The van der Waals surface area contributed by atoms with E-state index in [4.69, 9.17) is 11.6 Å². The second-order valence-corrected chi connectivity index (χ2v) is 7.32. The smallest absolute Gasteiger partial charge is 0.230 e. The van der Waals surface area contributed by atoms with E-state index in [1.807, 2.05) is 38.1 Å². The molecular weight excluding hydrogens is 284 g/mol. The Labute approximate surface area is 132 Å². The van der Waals surface area contributed by atoms with Crippen LogP contribution < -0.4 is 10.6 Å². The van der Waals surface area contributed by atoms with Crippen LogP contribution in [0.2, 0.25) is 5.02 Å². The van der Waals surface area contributed by atoms with Gasteiger partial charge < -0.3 is 10.6 Å². The van der Waals surface area contributed by atoms with Gasteiger partial charge >= 0.3 is 0 Å². The molecule has 1 fully saturated rings. The highest BCUT2D eigenvalue weighted by Crippen LogP contribution is 2.29. The molecule has 116 valence electrons. The number of piperidine rings is 1. The molecular formula is C17H25ClN2O. The molecule has 1 aromatic carbocycles. The number of carbonyl (C=O) groups is 1. The van der Waals surface area contributed by atoms with Crippen LogP contribution in [0.1, 0.15) is 39.2 Å². The van der Waals surface area contributed by atoms with Gasteiger partial charge in [-0.2, -0.15) is 0 Å². The van der Waals surface area contributed by atoms with Crippen LogP contribution in [-0.2, 0) is 10.2 Å². The fourth-order valence-electron chi connectivity index (χ4n) is 2.73. The molecule has 0 bridgehead atoms. The standard InChI is InChI=1S/C17H25ClN2O/c1-16(2,13-5-4-6-14(18)11-13)15(21)20-12-17(3)7-9-19-10-8-17/h4-6,11,19H,7-10,12H2,1-3H3,(H,20,21). The molecule has 0 unspecified atom stereocenters. The molecule has 1 heterocycles. The summed E-state index contributed by atoms with van der Waals surface area (Å²) in [6.07, 6.45) is 2.20. The number of carbonyl (C=O) groups excluding carboxylic acids is 1. The summed E-state index contributed by atoms with van der Waals surface area (Å²) in [7, 11) is 0. The topological polar surface area (TPSA) is 41.1 Å². The van der Waals surface area contributed by atoms with E-state index in [0.717, 1.165) is 38.0 Å². The zero-order chi connectivity index (χ0) is 15.5. The van der Waals surface area contributed by atoms with Gasteiger partial charge in [-0.3, -0.25) is 4.79 Å². The van der Waals surface area contributed by atoms with E-state index in [1.165, 1.54) is 0 Å². The molecule has 0 saturated carbocycles. The lowest BCUT2D eigenvalue weighted by atomic mass is 9.79. The summed E-state index contributed by atoms with van der Waals surface area (Å²) < 4.78 is 0. The van der Waals surface area contributed by atoms with Crippen molar-refractivity contribution < 1.29 is 4.79 Å². The first-order valence-corrected chi connectivity index (χ1v) is 7.96. The Morgan fingerprint density at radius 1 is 1.38 bits per heavy atom. The molecule has 2 rings (SSSR count). The lowest BCUT2D eigenvalue weighted by Gasteiger charge is -2.35. The Hall–Kier alpha value is -1.06. The molecule has 0 aromatic heterocycles. The molecule has 1 aromatic rings. The molecule has 4 heteroatoms. The zero-order valence-corrected chi connectivity index (χ0v) is 13.9. The van der Waals surface area contributed by atoms with Gasteiger partial charge in [-0.05, 0) is 62.9 Å². The molecule has 0 aliphatic carbocycles. The van der Waals surface area contributed by atoms with E-state index >= 15 is 0 Å². The van der Waals surface area contributed by atoms with Crippen molar-refractivity contribution >= 4 is 17.5 Å². The predicted octanol–water partition coefficient (Wildman–Crippen LogP) is 3.12. The van der Waals surface area contributed by atoms with Crippen LogP contribution in [0.15, 0.2) is 24.3 Å². The van der Waals surface area contributed by atoms with Crippen LogP contribution in [0.3, 0.4) is 0 Å². The SMILES string of the molecule is CC1(CNC(=O)C(C)(C)c2cccc(Cl)c2)CCNCC1. The molecule has 0 spiro atoms. The van der Waals surface area contributed by atoms with E-state index in [-0.39, 0.29) is 11.3 Å². The van der Waals surface area contributed by atoms with Crippen molar-refractivity contribution in [2.75, 3.05) is 19.6 Å². The summed E-state index contributed by atoms with van der Waals surface area (Å²) in [4.78, 5) is 12.6. The first-order valence-electron chi connectivity index (χ1n) is 7.59. The first kappa shape index (κ1) is 16.3. The minimum atomic E-state index is -0.575. The van der Waals surface area contributed by atoms with Crippen molar-refractivity contribution in [3.63, 3.8) is 0 Å². The van der Waals surface area contributed by atoms with Crippen molar-refractivity contribution in [2.24, 2.45) is 5.41 Å². The normalized spacial score (nSPS) is 18.3. The van der Waals surface area contributed by atoms with Gasteiger partial charge in [0.2, 0.25) is 5.91 Å². The molecule has 0 atom stereocenters. The third kappa shape index (κ3) is 3.98. The minimum absolute atomic E-state index is 0.0597. The average molecular weight is 309 g/mol. The number of amides is 1. The molecule has 3 nitrogen and oxygen atoms in total. The van der Waals surface area contributed by atoms with Crippen molar-refractivity contribution in [1.82, 2.24) is 10.6 Å². The molecule has 2 N–H and O–H groups in total. The second-order valence-electron chi connectivity index (χ2n) is 6.88. The maximum Gasteiger partial charge on any atom is 0.230 e. The number of hydrogen-bond acceptors (Lipinski definition) is 2. The van der Waals surface area contributed by atoms with Crippen LogP contribution >= 0.6 is 11.6 Å². The summed E-state index contributed by atoms with van der Waals surface area (Å²) in [5.41, 5.74) is 0.572. The molecule has 1 aliphatic heterocycles. The van der Waals surface area contributed by atoms with Crippen molar-refractivity contribution in [3.8, 4) is 0 Å². The number of halogens is 1. The minimum Gasteiger partial charge on any atom is -0.355 e. The fraction of sp³-hybridized carbons (Fsp3) is 0.588. The van der Waals surface area contributed by atoms with E-state index in [1.54, 1.807) is 0 Å². The Bertz CT molecular complexity index is 507. The molecule has 1 aliphatic rings. The zero-order valence-electron chi connectivity index (χ0n) is 13.1. The van der Waals surface area contributed by atoms with Crippen molar-refractivity contribution in [1.29, 1.82) is 0 Å². The first-order chi connectivity index (χ1) is 9.83. The van der Waals surface area contributed by atoms with Gasteiger partial charge in [-0.25, -0.2) is 0 Å². The number of nitrogens with one attached hydrogen (secondary N) is 2. The van der Waals surface area contributed by atoms with Gasteiger partial charge in [0.05, 0.1) is 5.41 Å². The van der Waals surface area contributed by atoms with Crippen LogP contribution in [0.4, 0.5) is 0 Å². The molecule has 1 amide bonds. The summed E-state index contributed by atoms with van der Waals surface area (Å²) in [5.74, 6) is 0.0597. The van der Waals surface area contributed by atoms with Gasteiger partial charge in [0.25, 0.3) is 0 Å². The van der Waals surface area contributed by atoms with E-state index in [9.17, 15) is 4.79 Å². The molecule has 21 heavy (non-hydrogen) atoms. The Balaban J connectivity index is 2.01. The Morgan fingerprint density at radius 2 is 2.05 bits per heavy atom. The summed E-state index contributed by atoms with van der Waals surface area (Å²) >= 11 is 6.04. The summed E-state index contributed by atoms with van der Waals surface area (Å²) in [6.45, 7) is 8.93. The third-order valence-corrected chi connectivity index (χ3v) is 4.84. The van der Waals surface area contributed by atoms with E-state index in [0.29, 0.717) is 5.02 Å². The monoisotopic (exact) mass is 308 g/mol. The van der Waals surface area contributed by atoms with Gasteiger partial charge in [-0.1, -0.05) is 30.7 Å². The summed E-state index contributed by atoms with van der Waals surface area (Å²) in [6, 6.07) is 7.54. The van der Waals surface area contributed by atoms with Gasteiger partial charge in [-0.15, -0.1) is 0 Å². The lowest BCUT2D eigenvalue weighted by molar-refractivity contribution is -0.126. The highest BCUT2D eigenvalue weighted by Gasteiger charge is 2.33. The third-order valence-electron chi connectivity index (χ3n) is 4.60. The highest BCUT2D eigenvalue weighted by molar-refractivity contribution is 6.30. The van der Waals surface area contributed by atoms with Gasteiger partial charge in [0.1, 0.15) is 0 Å². The Morgan fingerprint density at radius 3 is 2.67 bits per heavy atom. The summed E-state index contributed by atoms with van der Waals surface area (Å²) in [5, 5.41) is 7.17. The van der Waals surface area contributed by atoms with E-state index < -0.39 is 5.41 Å². The van der Waals surface area contributed by atoms with Crippen molar-refractivity contribution in [2.45, 2.75) is 39.0 Å². The quantitative estimate of drug-likeness (QED) is 0.897. The molecule has 0 radical (unpaired) electrons. The number of hydrogen-bond donors (Lipinski definition) is 2. The second kappa shape index (κ2) is 6.37. The lowest BCUT2D eigenvalue weighted by Crippen LogP contribution is -2.47. The maximum atomic E-state index is 12.6. The predicted molar refractivity (Wildman–Crippen MR) is 87.7 cm³/mol. The largest absolute Gasteiger partial charge is 0.355 e. The number of benzene rings is 1. The Kier molecular flexibility index (Phi) is 4.95. The molecule has 1 saturated heterocycles. The van der Waals surface area contributed by atoms with Gasteiger partial charge in [0.15, 0.2) is 0 Å². The van der Waals surface area contributed by atoms with Crippen LogP contribution in [0, 0.1) is 5.41 Å². The van der Waals surface area contributed by atoms with Crippen molar-refractivity contribution in [3.05, 3.63) is 34.9 Å². The van der Waals surface area contributed by atoms with Crippen LogP contribution in [0.5, 0.6) is 0 Å². The number of rotatable bonds is 4. The highest BCUT2D eigenvalue weighted by atomic mass is 35.5. The van der Waals surface area contributed by atoms with Crippen LogP contribution in [0.25, 0.3) is 0 Å². The fourth-order valence-corrected chi connectivity index (χ4v) is 2.92.